The first-order valence-corrected chi connectivity index (χ1v) is 11.6. The molecular formula is C25H32N4O3. The summed E-state index contributed by atoms with van der Waals surface area (Å²) < 4.78 is 1.36. The van der Waals surface area contributed by atoms with Crippen molar-refractivity contribution < 1.29 is 9.59 Å². The SMILES string of the molecule is O=C(NCc1ccccc1)c1ccc(=O)n(CC(=O)N2CCCC[C@@H]2CN2CCCC2)c1. The molecule has 1 atom stereocenters. The lowest BCUT2D eigenvalue weighted by Crippen LogP contribution is -2.50. The van der Waals surface area contributed by atoms with Gasteiger partial charge in [0, 0.05) is 37.9 Å². The molecule has 2 aliphatic rings. The Kier molecular flexibility index (Phi) is 7.37. The Labute approximate surface area is 189 Å². The van der Waals surface area contributed by atoms with Crippen LogP contribution in [0.5, 0.6) is 0 Å². The van der Waals surface area contributed by atoms with Crippen LogP contribution in [-0.2, 0) is 17.9 Å². The summed E-state index contributed by atoms with van der Waals surface area (Å²) in [6, 6.07) is 12.7. The van der Waals surface area contributed by atoms with Gasteiger partial charge in [0.1, 0.15) is 6.54 Å². The second-order valence-electron chi connectivity index (χ2n) is 8.80. The minimum atomic E-state index is -0.272. The maximum absolute atomic E-state index is 13.1. The second-order valence-corrected chi connectivity index (χ2v) is 8.80. The molecule has 4 rings (SSSR count). The highest BCUT2D eigenvalue weighted by molar-refractivity contribution is 5.93. The molecule has 170 valence electrons. The van der Waals surface area contributed by atoms with Crippen LogP contribution < -0.4 is 10.9 Å². The number of rotatable bonds is 7. The minimum Gasteiger partial charge on any atom is -0.348 e. The average Bonchev–Trinajstić information content (AvgIpc) is 3.33. The van der Waals surface area contributed by atoms with E-state index in [9.17, 15) is 14.4 Å². The fourth-order valence-electron chi connectivity index (χ4n) is 4.69. The van der Waals surface area contributed by atoms with Crippen molar-refractivity contribution in [2.24, 2.45) is 0 Å². The molecule has 1 aromatic heterocycles. The molecule has 1 aromatic carbocycles. The van der Waals surface area contributed by atoms with Crippen molar-refractivity contribution in [2.45, 2.75) is 51.2 Å². The number of nitrogens with zero attached hydrogens (tertiary/aromatic N) is 3. The van der Waals surface area contributed by atoms with Crippen LogP contribution in [0.15, 0.2) is 53.5 Å². The molecule has 0 bridgehead atoms. The van der Waals surface area contributed by atoms with Gasteiger partial charge in [0.05, 0.1) is 5.56 Å². The lowest BCUT2D eigenvalue weighted by Gasteiger charge is -2.38. The molecule has 32 heavy (non-hydrogen) atoms. The molecule has 7 heteroatoms. The molecule has 0 aliphatic carbocycles. The summed E-state index contributed by atoms with van der Waals surface area (Å²) in [5, 5.41) is 2.87. The number of benzene rings is 1. The van der Waals surface area contributed by atoms with Gasteiger partial charge in [-0.1, -0.05) is 30.3 Å². The maximum Gasteiger partial charge on any atom is 0.253 e. The van der Waals surface area contributed by atoms with E-state index in [1.807, 2.05) is 35.2 Å². The molecule has 2 aromatic rings. The van der Waals surface area contributed by atoms with E-state index < -0.39 is 0 Å². The van der Waals surface area contributed by atoms with Crippen molar-refractivity contribution in [3.8, 4) is 0 Å². The first-order valence-electron chi connectivity index (χ1n) is 11.6. The van der Waals surface area contributed by atoms with Crippen LogP contribution in [0.2, 0.25) is 0 Å². The molecule has 7 nitrogen and oxygen atoms in total. The Balaban J connectivity index is 1.40. The van der Waals surface area contributed by atoms with Gasteiger partial charge in [-0.25, -0.2) is 0 Å². The van der Waals surface area contributed by atoms with Crippen molar-refractivity contribution >= 4 is 11.8 Å². The lowest BCUT2D eigenvalue weighted by atomic mass is 10.0. The third-order valence-corrected chi connectivity index (χ3v) is 6.46. The number of pyridine rings is 1. The largest absolute Gasteiger partial charge is 0.348 e. The van der Waals surface area contributed by atoms with Gasteiger partial charge in [0.2, 0.25) is 5.91 Å². The topological polar surface area (TPSA) is 74.6 Å². The summed E-state index contributed by atoms with van der Waals surface area (Å²) in [6.07, 6.45) is 7.11. The van der Waals surface area contributed by atoms with Gasteiger partial charge in [-0.15, -0.1) is 0 Å². The van der Waals surface area contributed by atoms with E-state index >= 15 is 0 Å². The van der Waals surface area contributed by atoms with Crippen molar-refractivity contribution in [1.29, 1.82) is 0 Å². The Hall–Kier alpha value is -2.93. The first kappa shape index (κ1) is 22.3. The molecule has 2 amide bonds. The zero-order valence-corrected chi connectivity index (χ0v) is 18.5. The van der Waals surface area contributed by atoms with Gasteiger partial charge in [0.15, 0.2) is 0 Å². The summed E-state index contributed by atoms with van der Waals surface area (Å²) in [5.74, 6) is -0.308. The van der Waals surface area contributed by atoms with Crippen LogP contribution in [0, 0.1) is 0 Å². The maximum atomic E-state index is 13.1. The number of carbonyl (C=O) groups is 2. The predicted molar refractivity (Wildman–Crippen MR) is 123 cm³/mol. The van der Waals surface area contributed by atoms with E-state index in [0.717, 1.165) is 51.0 Å². The van der Waals surface area contributed by atoms with Crippen molar-refractivity contribution in [3.05, 3.63) is 70.1 Å². The van der Waals surface area contributed by atoms with Crippen molar-refractivity contribution in [3.63, 3.8) is 0 Å². The number of piperidine rings is 1. The van der Waals surface area contributed by atoms with Gasteiger partial charge in [-0.05, 0) is 56.8 Å². The fraction of sp³-hybridized carbons (Fsp3) is 0.480. The molecule has 0 spiro atoms. The minimum absolute atomic E-state index is 0.0326. The smallest absolute Gasteiger partial charge is 0.253 e. The average molecular weight is 437 g/mol. The number of carbonyl (C=O) groups excluding carboxylic acids is 2. The van der Waals surface area contributed by atoms with Crippen LogP contribution in [0.1, 0.15) is 48.0 Å². The van der Waals surface area contributed by atoms with Crippen LogP contribution >= 0.6 is 0 Å². The molecular weight excluding hydrogens is 404 g/mol. The number of hydrogen-bond donors (Lipinski definition) is 1. The molecule has 0 radical (unpaired) electrons. The molecule has 2 saturated heterocycles. The zero-order chi connectivity index (χ0) is 22.3. The van der Waals surface area contributed by atoms with Crippen LogP contribution in [0.4, 0.5) is 0 Å². The quantitative estimate of drug-likeness (QED) is 0.723. The highest BCUT2D eigenvalue weighted by atomic mass is 16.2. The van der Waals surface area contributed by atoms with Gasteiger partial charge >= 0.3 is 0 Å². The summed E-state index contributed by atoms with van der Waals surface area (Å²) in [6.45, 7) is 4.25. The molecule has 1 N–H and O–H groups in total. The fourth-order valence-corrected chi connectivity index (χ4v) is 4.69. The van der Waals surface area contributed by atoms with E-state index in [0.29, 0.717) is 12.1 Å². The lowest BCUT2D eigenvalue weighted by molar-refractivity contribution is -0.136. The number of nitrogens with one attached hydrogen (secondary N) is 1. The van der Waals surface area contributed by atoms with E-state index in [4.69, 9.17) is 0 Å². The molecule has 0 unspecified atom stereocenters. The number of hydrogen-bond acceptors (Lipinski definition) is 4. The number of likely N-dealkylation sites (tertiary alicyclic amines) is 2. The highest BCUT2D eigenvalue weighted by Crippen LogP contribution is 2.20. The Morgan fingerprint density at radius 1 is 0.938 bits per heavy atom. The van der Waals surface area contributed by atoms with E-state index in [1.54, 1.807) is 0 Å². The standard InChI is InChI=1S/C25H32N4O3/c30-23-12-11-21(25(32)26-16-20-8-2-1-3-9-20)17-28(23)19-24(31)29-15-5-4-10-22(29)18-27-13-6-7-14-27/h1-3,8-9,11-12,17,22H,4-7,10,13-16,18-19H2,(H,26,32)/t22-/m1/s1. The summed E-state index contributed by atoms with van der Waals surface area (Å²) >= 11 is 0. The molecule has 2 aliphatic heterocycles. The number of aromatic nitrogens is 1. The van der Waals surface area contributed by atoms with E-state index in [1.165, 1.54) is 35.7 Å². The summed E-state index contributed by atoms with van der Waals surface area (Å²) in [5.41, 5.74) is 1.10. The summed E-state index contributed by atoms with van der Waals surface area (Å²) in [7, 11) is 0. The Bertz CT molecular complexity index is 982. The Morgan fingerprint density at radius 3 is 2.47 bits per heavy atom. The zero-order valence-electron chi connectivity index (χ0n) is 18.5. The molecule has 3 heterocycles. The van der Waals surface area contributed by atoms with Crippen molar-refractivity contribution in [2.75, 3.05) is 26.2 Å². The summed E-state index contributed by atoms with van der Waals surface area (Å²) in [4.78, 5) is 42.5. The second kappa shape index (κ2) is 10.6. The van der Waals surface area contributed by atoms with E-state index in [-0.39, 0.29) is 30.0 Å². The van der Waals surface area contributed by atoms with Crippen LogP contribution in [0.25, 0.3) is 0 Å². The monoisotopic (exact) mass is 436 g/mol. The third kappa shape index (κ3) is 5.65. The highest BCUT2D eigenvalue weighted by Gasteiger charge is 2.29. The molecule has 2 fully saturated rings. The Morgan fingerprint density at radius 2 is 1.69 bits per heavy atom. The molecule has 0 saturated carbocycles. The van der Waals surface area contributed by atoms with Crippen LogP contribution in [0.3, 0.4) is 0 Å². The first-order chi connectivity index (χ1) is 15.6. The third-order valence-electron chi connectivity index (χ3n) is 6.46. The van der Waals surface area contributed by atoms with Gasteiger partial charge < -0.3 is 19.7 Å². The normalized spacial score (nSPS) is 19.1. The van der Waals surface area contributed by atoms with Crippen LogP contribution in [-0.4, -0.2) is 58.4 Å². The predicted octanol–water partition coefficient (Wildman–Crippen LogP) is 2.26. The van der Waals surface area contributed by atoms with Gasteiger partial charge in [0.25, 0.3) is 11.5 Å². The van der Waals surface area contributed by atoms with Crippen molar-refractivity contribution in [1.82, 2.24) is 19.7 Å². The van der Waals surface area contributed by atoms with Gasteiger partial charge in [-0.3, -0.25) is 14.4 Å². The van der Waals surface area contributed by atoms with Gasteiger partial charge in [-0.2, -0.15) is 0 Å². The number of amides is 2. The van der Waals surface area contributed by atoms with E-state index in [2.05, 4.69) is 10.2 Å².